The topological polar surface area (TPSA) is 61.7 Å². The number of hydrogen-bond acceptors (Lipinski definition) is 3. The third-order valence-corrected chi connectivity index (χ3v) is 4.16. The van der Waals surface area contributed by atoms with E-state index in [1.54, 1.807) is 42.5 Å². The van der Waals surface area contributed by atoms with Crippen molar-refractivity contribution in [3.8, 4) is 0 Å². The van der Waals surface area contributed by atoms with Crippen LogP contribution in [0.5, 0.6) is 0 Å². The maximum Gasteiger partial charge on any atom is 0.273 e. The molecular weight excluding hydrogens is 391 g/mol. The van der Waals surface area contributed by atoms with Crippen LogP contribution in [-0.2, 0) is 4.79 Å². The van der Waals surface area contributed by atoms with E-state index < -0.39 is 12.0 Å². The monoisotopic (exact) mass is 400 g/mol. The van der Waals surface area contributed by atoms with Gasteiger partial charge in [-0.1, -0.05) is 63.4 Å². The van der Waals surface area contributed by atoms with Gasteiger partial charge in [-0.3, -0.25) is 4.79 Å². The fourth-order valence-electron chi connectivity index (χ4n) is 1.64. The van der Waals surface area contributed by atoms with E-state index in [4.69, 9.17) is 23.2 Å². The Bertz CT molecular complexity index is 705. The summed E-state index contributed by atoms with van der Waals surface area (Å²) in [4.78, 5) is 11.8. The lowest BCUT2D eigenvalue weighted by Gasteiger charge is -2.09. The van der Waals surface area contributed by atoms with Gasteiger partial charge in [0.25, 0.3) is 5.91 Å². The summed E-state index contributed by atoms with van der Waals surface area (Å²) in [6, 6.07) is 11.8. The van der Waals surface area contributed by atoms with Gasteiger partial charge in [-0.15, -0.1) is 0 Å². The van der Waals surface area contributed by atoms with Crippen LogP contribution in [0.2, 0.25) is 10.0 Å². The average molecular weight is 402 g/mol. The largest absolute Gasteiger partial charge is 0.378 e. The summed E-state index contributed by atoms with van der Waals surface area (Å²) >= 11 is 15.1. The van der Waals surface area contributed by atoms with Crippen molar-refractivity contribution in [1.82, 2.24) is 5.43 Å². The number of benzene rings is 2. The molecule has 0 aliphatic rings. The molecule has 0 spiro atoms. The van der Waals surface area contributed by atoms with Gasteiger partial charge in [-0.05, 0) is 23.8 Å². The number of amides is 1. The summed E-state index contributed by atoms with van der Waals surface area (Å²) < 4.78 is 0.859. The molecule has 4 nitrogen and oxygen atoms in total. The Balaban J connectivity index is 2.01. The number of nitrogens with zero attached hydrogens (tertiary/aromatic N) is 1. The Hall–Kier alpha value is -1.40. The molecule has 2 rings (SSSR count). The predicted molar refractivity (Wildman–Crippen MR) is 91.3 cm³/mol. The normalized spacial score (nSPS) is 12.4. The molecule has 2 aromatic rings. The van der Waals surface area contributed by atoms with Gasteiger partial charge in [0.1, 0.15) is 0 Å². The molecule has 0 aliphatic heterocycles. The maximum absolute atomic E-state index is 11.8. The van der Waals surface area contributed by atoms with Gasteiger partial charge >= 0.3 is 0 Å². The Morgan fingerprint density at radius 2 is 1.91 bits per heavy atom. The second kappa shape index (κ2) is 7.74. The van der Waals surface area contributed by atoms with Crippen LogP contribution in [0, 0.1) is 0 Å². The Morgan fingerprint density at radius 3 is 2.59 bits per heavy atom. The van der Waals surface area contributed by atoms with Crippen molar-refractivity contribution in [2.45, 2.75) is 6.10 Å². The van der Waals surface area contributed by atoms with E-state index in [0.29, 0.717) is 21.2 Å². The number of hydrazone groups is 1. The molecule has 1 amide bonds. The van der Waals surface area contributed by atoms with E-state index in [1.807, 2.05) is 0 Å². The first-order valence-corrected chi connectivity index (χ1v) is 7.74. The lowest BCUT2D eigenvalue weighted by molar-refractivity contribution is -0.129. The van der Waals surface area contributed by atoms with Crippen molar-refractivity contribution in [2.75, 3.05) is 0 Å². The zero-order valence-electron chi connectivity index (χ0n) is 11.1. The number of carbonyl (C=O) groups excluding carboxylic acids is 1. The van der Waals surface area contributed by atoms with Crippen LogP contribution in [0.15, 0.2) is 52.0 Å². The van der Waals surface area contributed by atoms with Gasteiger partial charge < -0.3 is 5.11 Å². The first kappa shape index (κ1) is 17.0. The molecule has 114 valence electrons. The molecule has 0 radical (unpaired) electrons. The number of rotatable bonds is 4. The summed E-state index contributed by atoms with van der Waals surface area (Å²) in [6.07, 6.45) is 0.0560. The van der Waals surface area contributed by atoms with Crippen LogP contribution < -0.4 is 5.43 Å². The molecule has 0 saturated carbocycles. The Kier molecular flexibility index (Phi) is 5.97. The minimum absolute atomic E-state index is 0.343. The molecule has 0 heterocycles. The molecular formula is C15H11BrCl2N2O2. The molecule has 0 saturated heterocycles. The van der Waals surface area contributed by atoms with Gasteiger partial charge in [0.05, 0.1) is 16.3 Å². The van der Waals surface area contributed by atoms with E-state index in [1.165, 1.54) is 6.21 Å². The standard InChI is InChI=1S/C15H11BrCl2N2O2/c16-11-6-4-9(5-7-11)14(21)15(22)20-19-8-10-2-1-3-12(17)13(10)18/h1-8,14,21H,(H,20,22). The number of aliphatic hydroxyl groups excluding tert-OH is 1. The fraction of sp³-hybridized carbons (Fsp3) is 0.0667. The van der Waals surface area contributed by atoms with Gasteiger partial charge in [0.15, 0.2) is 6.10 Å². The second-order valence-corrected chi connectivity index (χ2v) is 6.03. The summed E-state index contributed by atoms with van der Waals surface area (Å²) in [7, 11) is 0. The molecule has 0 fully saturated rings. The molecule has 1 atom stereocenters. The van der Waals surface area contributed by atoms with Crippen molar-refractivity contribution < 1.29 is 9.90 Å². The number of nitrogens with one attached hydrogen (secondary N) is 1. The van der Waals surface area contributed by atoms with Crippen molar-refractivity contribution in [2.24, 2.45) is 5.10 Å². The van der Waals surface area contributed by atoms with E-state index in [-0.39, 0.29) is 0 Å². The van der Waals surface area contributed by atoms with Gasteiger partial charge in [-0.2, -0.15) is 5.10 Å². The first-order chi connectivity index (χ1) is 10.5. The van der Waals surface area contributed by atoms with Crippen LogP contribution in [0.25, 0.3) is 0 Å². The van der Waals surface area contributed by atoms with Gasteiger partial charge in [0.2, 0.25) is 0 Å². The van der Waals surface area contributed by atoms with Crippen LogP contribution in [0.3, 0.4) is 0 Å². The molecule has 0 aliphatic carbocycles. The van der Waals surface area contributed by atoms with E-state index in [0.717, 1.165) is 4.47 Å². The van der Waals surface area contributed by atoms with Crippen LogP contribution >= 0.6 is 39.1 Å². The summed E-state index contributed by atoms with van der Waals surface area (Å²) in [5.74, 6) is -0.642. The molecule has 2 aromatic carbocycles. The quantitative estimate of drug-likeness (QED) is 0.602. The second-order valence-electron chi connectivity index (χ2n) is 4.33. The Labute approximate surface area is 145 Å². The third kappa shape index (κ3) is 4.30. The van der Waals surface area contributed by atoms with Crippen molar-refractivity contribution in [3.05, 3.63) is 68.1 Å². The lowest BCUT2D eigenvalue weighted by atomic mass is 10.1. The molecule has 22 heavy (non-hydrogen) atoms. The van der Waals surface area contributed by atoms with E-state index >= 15 is 0 Å². The number of halogens is 3. The fourth-order valence-corrected chi connectivity index (χ4v) is 2.26. The zero-order chi connectivity index (χ0) is 16.1. The van der Waals surface area contributed by atoms with Gasteiger partial charge in [0, 0.05) is 10.0 Å². The van der Waals surface area contributed by atoms with E-state index in [9.17, 15) is 9.90 Å². The molecule has 7 heteroatoms. The highest BCUT2D eigenvalue weighted by Gasteiger charge is 2.16. The predicted octanol–water partition coefficient (Wildman–Crippen LogP) is 3.94. The van der Waals surface area contributed by atoms with Gasteiger partial charge in [-0.25, -0.2) is 5.43 Å². The SMILES string of the molecule is O=C(NN=Cc1cccc(Cl)c1Cl)C(O)c1ccc(Br)cc1. The minimum atomic E-state index is -1.31. The third-order valence-electron chi connectivity index (χ3n) is 2.79. The summed E-state index contributed by atoms with van der Waals surface area (Å²) in [5.41, 5.74) is 3.29. The minimum Gasteiger partial charge on any atom is -0.378 e. The highest BCUT2D eigenvalue weighted by molar-refractivity contribution is 9.10. The van der Waals surface area contributed by atoms with Crippen LogP contribution in [-0.4, -0.2) is 17.2 Å². The zero-order valence-corrected chi connectivity index (χ0v) is 14.2. The van der Waals surface area contributed by atoms with Crippen molar-refractivity contribution in [1.29, 1.82) is 0 Å². The van der Waals surface area contributed by atoms with Crippen LogP contribution in [0.1, 0.15) is 17.2 Å². The highest BCUT2D eigenvalue weighted by atomic mass is 79.9. The lowest BCUT2D eigenvalue weighted by Crippen LogP contribution is -2.25. The molecule has 2 N–H and O–H groups in total. The van der Waals surface area contributed by atoms with Crippen LogP contribution in [0.4, 0.5) is 0 Å². The molecule has 0 bridgehead atoms. The van der Waals surface area contributed by atoms with Crippen molar-refractivity contribution in [3.63, 3.8) is 0 Å². The Morgan fingerprint density at radius 1 is 1.23 bits per heavy atom. The summed E-state index contributed by atoms with van der Waals surface area (Å²) in [6.45, 7) is 0. The average Bonchev–Trinajstić information content (AvgIpc) is 2.51. The van der Waals surface area contributed by atoms with E-state index in [2.05, 4.69) is 26.5 Å². The summed E-state index contributed by atoms with van der Waals surface area (Å²) in [5, 5.41) is 14.4. The smallest absolute Gasteiger partial charge is 0.273 e. The maximum atomic E-state index is 11.8. The number of aliphatic hydroxyl groups is 1. The molecule has 1 unspecified atom stereocenters. The van der Waals surface area contributed by atoms with Crippen molar-refractivity contribution >= 4 is 51.3 Å². The molecule has 0 aromatic heterocycles. The number of hydrogen-bond donors (Lipinski definition) is 2. The first-order valence-electron chi connectivity index (χ1n) is 6.19. The number of carbonyl (C=O) groups is 1. The highest BCUT2D eigenvalue weighted by Crippen LogP contribution is 2.24.